The molecule has 0 bridgehead atoms. The fourth-order valence-electron chi connectivity index (χ4n) is 2.94. The van der Waals surface area contributed by atoms with Crippen LogP contribution in [0.5, 0.6) is 11.5 Å². The molecule has 0 radical (unpaired) electrons. The van der Waals surface area contributed by atoms with Crippen LogP contribution in [0.2, 0.25) is 10.0 Å². The lowest BCUT2D eigenvalue weighted by molar-refractivity contribution is 0.280. The van der Waals surface area contributed by atoms with Gasteiger partial charge in [0.05, 0.1) is 17.2 Å². The molecule has 0 atom stereocenters. The van der Waals surface area contributed by atoms with Gasteiger partial charge in [0.15, 0.2) is 11.5 Å². The minimum absolute atomic E-state index is 0.362. The highest BCUT2D eigenvalue weighted by atomic mass is 79.9. The first-order chi connectivity index (χ1) is 14.1. The number of benzene rings is 3. The molecule has 0 spiro atoms. The Bertz CT molecular complexity index is 951. The van der Waals surface area contributed by atoms with Crippen LogP contribution in [0.1, 0.15) is 16.7 Å². The van der Waals surface area contributed by atoms with Crippen LogP contribution in [0.15, 0.2) is 65.1 Å². The first-order valence-electron chi connectivity index (χ1n) is 9.25. The zero-order valence-corrected chi connectivity index (χ0v) is 19.2. The summed E-state index contributed by atoms with van der Waals surface area (Å²) in [6.07, 6.45) is 0.960. The van der Waals surface area contributed by atoms with E-state index in [0.29, 0.717) is 34.7 Å². The number of rotatable bonds is 9. The molecule has 0 aliphatic carbocycles. The molecule has 0 saturated carbocycles. The number of ether oxygens (including phenoxy) is 2. The predicted octanol–water partition coefficient (Wildman–Crippen LogP) is 6.68. The number of hydrogen-bond donors (Lipinski definition) is 1. The predicted molar refractivity (Wildman–Crippen MR) is 123 cm³/mol. The quantitative estimate of drug-likeness (QED) is 0.336. The smallest absolute Gasteiger partial charge is 0.167 e. The molecule has 3 nitrogen and oxygen atoms in total. The summed E-state index contributed by atoms with van der Waals surface area (Å²) >= 11 is 15.8. The molecule has 3 aromatic carbocycles. The van der Waals surface area contributed by atoms with Crippen molar-refractivity contribution in [3.63, 3.8) is 0 Å². The lowest BCUT2D eigenvalue weighted by atomic mass is 10.1. The Morgan fingerprint density at radius 3 is 2.45 bits per heavy atom. The first-order valence-corrected chi connectivity index (χ1v) is 10.8. The van der Waals surface area contributed by atoms with Crippen LogP contribution in [0.4, 0.5) is 0 Å². The molecule has 3 rings (SSSR count). The van der Waals surface area contributed by atoms with Crippen molar-refractivity contribution in [1.29, 1.82) is 0 Å². The summed E-state index contributed by atoms with van der Waals surface area (Å²) in [4.78, 5) is 0. The van der Waals surface area contributed by atoms with Crippen LogP contribution in [-0.2, 0) is 19.6 Å². The van der Waals surface area contributed by atoms with Crippen LogP contribution < -0.4 is 14.8 Å². The summed E-state index contributed by atoms with van der Waals surface area (Å²) in [5, 5.41) is 4.53. The highest BCUT2D eigenvalue weighted by molar-refractivity contribution is 9.10. The third-order valence-electron chi connectivity index (χ3n) is 4.49. The fraction of sp³-hybridized carbons (Fsp3) is 0.217. The number of hydrogen-bond acceptors (Lipinski definition) is 3. The van der Waals surface area contributed by atoms with E-state index in [1.165, 1.54) is 5.56 Å². The van der Waals surface area contributed by atoms with Crippen molar-refractivity contribution in [3.8, 4) is 11.5 Å². The zero-order valence-electron chi connectivity index (χ0n) is 16.1. The molecule has 0 unspecified atom stereocenters. The average molecular weight is 495 g/mol. The Labute approximate surface area is 190 Å². The summed E-state index contributed by atoms with van der Waals surface area (Å²) in [5.74, 6) is 1.40. The van der Waals surface area contributed by atoms with Crippen molar-refractivity contribution in [1.82, 2.24) is 5.32 Å². The van der Waals surface area contributed by atoms with Gasteiger partial charge in [-0.3, -0.25) is 0 Å². The SMILES string of the molecule is COc1ccc(Br)c(CNCCc2ccccc2)c1OCc1ccc(Cl)c(Cl)c1. The largest absolute Gasteiger partial charge is 0.493 e. The van der Waals surface area contributed by atoms with Gasteiger partial charge in [-0.15, -0.1) is 0 Å². The van der Waals surface area contributed by atoms with Gasteiger partial charge in [-0.05, 0) is 48.4 Å². The molecule has 3 aromatic rings. The van der Waals surface area contributed by atoms with Gasteiger partial charge < -0.3 is 14.8 Å². The van der Waals surface area contributed by atoms with E-state index in [1.807, 2.05) is 30.3 Å². The van der Waals surface area contributed by atoms with Crippen LogP contribution in [0.25, 0.3) is 0 Å². The van der Waals surface area contributed by atoms with E-state index >= 15 is 0 Å². The molecule has 152 valence electrons. The number of halogens is 3. The standard InChI is InChI=1S/C23H22BrCl2NO2/c1-28-22-10-8-19(24)18(14-27-12-11-16-5-3-2-4-6-16)23(22)29-15-17-7-9-20(25)21(26)13-17/h2-10,13,27H,11-12,14-15H2,1H3. The Morgan fingerprint density at radius 1 is 0.931 bits per heavy atom. The zero-order chi connectivity index (χ0) is 20.6. The molecular formula is C23H22BrCl2NO2. The molecule has 0 fully saturated rings. The third-order valence-corrected chi connectivity index (χ3v) is 5.97. The highest BCUT2D eigenvalue weighted by Gasteiger charge is 2.15. The summed E-state index contributed by atoms with van der Waals surface area (Å²) in [7, 11) is 1.64. The van der Waals surface area contributed by atoms with Gasteiger partial charge in [-0.25, -0.2) is 0 Å². The highest BCUT2D eigenvalue weighted by Crippen LogP contribution is 2.37. The second kappa shape index (κ2) is 10.9. The van der Waals surface area contributed by atoms with Gasteiger partial charge in [0, 0.05) is 16.6 Å². The van der Waals surface area contributed by atoms with Gasteiger partial charge in [0.25, 0.3) is 0 Å². The van der Waals surface area contributed by atoms with E-state index in [0.717, 1.165) is 28.6 Å². The van der Waals surface area contributed by atoms with Crippen molar-refractivity contribution < 1.29 is 9.47 Å². The average Bonchev–Trinajstić information content (AvgIpc) is 2.74. The maximum absolute atomic E-state index is 6.14. The lowest BCUT2D eigenvalue weighted by Gasteiger charge is -2.17. The molecular weight excluding hydrogens is 473 g/mol. The van der Waals surface area contributed by atoms with E-state index < -0.39 is 0 Å². The molecule has 1 N–H and O–H groups in total. The number of methoxy groups -OCH3 is 1. The van der Waals surface area contributed by atoms with E-state index in [9.17, 15) is 0 Å². The topological polar surface area (TPSA) is 30.5 Å². The van der Waals surface area contributed by atoms with Crippen LogP contribution >= 0.6 is 39.1 Å². The minimum atomic E-state index is 0.362. The van der Waals surface area contributed by atoms with Crippen molar-refractivity contribution in [2.75, 3.05) is 13.7 Å². The molecule has 0 aliphatic rings. The van der Waals surface area contributed by atoms with Crippen LogP contribution in [0, 0.1) is 0 Å². The lowest BCUT2D eigenvalue weighted by Crippen LogP contribution is -2.18. The maximum atomic E-state index is 6.14. The first kappa shape index (κ1) is 22.0. The van der Waals surface area contributed by atoms with Gasteiger partial charge >= 0.3 is 0 Å². The van der Waals surface area contributed by atoms with Crippen molar-refractivity contribution in [3.05, 3.63) is 91.9 Å². The number of nitrogens with one attached hydrogen (secondary N) is 1. The molecule has 0 heterocycles. The summed E-state index contributed by atoms with van der Waals surface area (Å²) in [6, 6.07) is 19.8. The second-order valence-electron chi connectivity index (χ2n) is 6.51. The van der Waals surface area contributed by atoms with E-state index in [1.54, 1.807) is 13.2 Å². The van der Waals surface area contributed by atoms with Crippen LogP contribution in [0.3, 0.4) is 0 Å². The summed E-state index contributed by atoms with van der Waals surface area (Å²) in [5.41, 5.74) is 3.25. The Balaban J connectivity index is 1.69. The molecule has 6 heteroatoms. The van der Waals surface area contributed by atoms with E-state index in [-0.39, 0.29) is 0 Å². The Kier molecular flexibility index (Phi) is 8.25. The minimum Gasteiger partial charge on any atom is -0.493 e. The fourth-order valence-corrected chi connectivity index (χ4v) is 3.71. The van der Waals surface area contributed by atoms with Gasteiger partial charge in [0.2, 0.25) is 0 Å². The van der Waals surface area contributed by atoms with Crippen molar-refractivity contribution in [2.24, 2.45) is 0 Å². The van der Waals surface area contributed by atoms with Crippen molar-refractivity contribution in [2.45, 2.75) is 19.6 Å². The molecule has 0 aliphatic heterocycles. The third kappa shape index (κ3) is 6.13. The monoisotopic (exact) mass is 493 g/mol. The molecule has 29 heavy (non-hydrogen) atoms. The van der Waals surface area contributed by atoms with Gasteiger partial charge in [0.1, 0.15) is 6.61 Å². The van der Waals surface area contributed by atoms with Crippen LogP contribution in [-0.4, -0.2) is 13.7 Å². The Morgan fingerprint density at radius 2 is 1.72 bits per heavy atom. The maximum Gasteiger partial charge on any atom is 0.167 e. The summed E-state index contributed by atoms with van der Waals surface area (Å²) in [6.45, 7) is 1.88. The molecule has 0 amide bonds. The molecule has 0 saturated heterocycles. The van der Waals surface area contributed by atoms with Gasteiger partial charge in [-0.1, -0.05) is 75.5 Å². The van der Waals surface area contributed by atoms with Gasteiger partial charge in [-0.2, -0.15) is 0 Å². The van der Waals surface area contributed by atoms with E-state index in [2.05, 4.69) is 45.5 Å². The Hall–Kier alpha value is -1.72. The normalized spacial score (nSPS) is 10.8. The van der Waals surface area contributed by atoms with Crippen molar-refractivity contribution >= 4 is 39.1 Å². The molecule has 0 aromatic heterocycles. The summed E-state index contributed by atoms with van der Waals surface area (Å²) < 4.78 is 12.6. The van der Waals surface area contributed by atoms with E-state index in [4.69, 9.17) is 32.7 Å². The second-order valence-corrected chi connectivity index (χ2v) is 8.18.